The molecule has 4 nitrogen and oxygen atoms in total. The van der Waals surface area contributed by atoms with Crippen molar-refractivity contribution in [2.24, 2.45) is 0 Å². The van der Waals surface area contributed by atoms with Gasteiger partial charge >= 0.3 is 5.97 Å². The fourth-order valence-electron chi connectivity index (χ4n) is 3.60. The van der Waals surface area contributed by atoms with E-state index in [1.807, 2.05) is 49.4 Å². The average molecular weight is 373 g/mol. The number of benzene rings is 2. The number of likely N-dealkylation sites (tertiary alicyclic amines) is 1. The van der Waals surface area contributed by atoms with Gasteiger partial charge in [0.2, 0.25) is 0 Å². The summed E-state index contributed by atoms with van der Waals surface area (Å²) in [7, 11) is 0. The van der Waals surface area contributed by atoms with Gasteiger partial charge in [-0.05, 0) is 50.1 Å². The first-order chi connectivity index (χ1) is 12.5. The van der Waals surface area contributed by atoms with Gasteiger partial charge in [0.1, 0.15) is 5.54 Å². The summed E-state index contributed by atoms with van der Waals surface area (Å²) in [6, 6.07) is 18.0. The van der Waals surface area contributed by atoms with Gasteiger partial charge in [0.15, 0.2) is 0 Å². The number of nitrogens with zero attached hydrogens (tertiary/aromatic N) is 1. The Labute approximate surface area is 160 Å². The fraction of sp³-hybridized carbons (Fsp3) is 0.381. The Morgan fingerprint density at radius 1 is 1.23 bits per heavy atom. The zero-order valence-corrected chi connectivity index (χ0v) is 16.0. The second kappa shape index (κ2) is 8.11. The number of rotatable bonds is 6. The van der Waals surface area contributed by atoms with Crippen LogP contribution in [0.1, 0.15) is 25.8 Å². The molecule has 26 heavy (non-hydrogen) atoms. The lowest BCUT2D eigenvalue weighted by Crippen LogP contribution is -2.49. The molecule has 0 bridgehead atoms. The van der Waals surface area contributed by atoms with E-state index in [1.54, 1.807) is 0 Å². The molecule has 5 heteroatoms. The van der Waals surface area contributed by atoms with Gasteiger partial charge in [-0.3, -0.25) is 4.90 Å². The van der Waals surface area contributed by atoms with E-state index in [-0.39, 0.29) is 12.0 Å². The number of halogens is 1. The number of carbonyl (C=O) groups excluding carboxylic acids is 1. The molecule has 2 atom stereocenters. The lowest BCUT2D eigenvalue weighted by Gasteiger charge is -2.29. The number of ether oxygens (including phenoxy) is 1. The van der Waals surface area contributed by atoms with Crippen molar-refractivity contribution in [2.75, 3.05) is 18.5 Å². The van der Waals surface area contributed by atoms with Crippen molar-refractivity contribution >= 4 is 23.3 Å². The maximum absolute atomic E-state index is 12.8. The minimum atomic E-state index is -0.752. The van der Waals surface area contributed by atoms with E-state index in [2.05, 4.69) is 29.3 Å². The molecule has 2 aromatic carbocycles. The van der Waals surface area contributed by atoms with Gasteiger partial charge in [0.05, 0.1) is 6.61 Å². The third-order valence-corrected chi connectivity index (χ3v) is 5.11. The molecule has 0 aromatic heterocycles. The molecule has 0 amide bonds. The van der Waals surface area contributed by atoms with Gasteiger partial charge < -0.3 is 10.1 Å². The Kier molecular flexibility index (Phi) is 5.84. The third kappa shape index (κ3) is 4.19. The van der Waals surface area contributed by atoms with Gasteiger partial charge in [0.25, 0.3) is 0 Å². The summed E-state index contributed by atoms with van der Waals surface area (Å²) in [4.78, 5) is 15.2. The summed E-state index contributed by atoms with van der Waals surface area (Å²) in [5.41, 5.74) is 1.36. The first-order valence-electron chi connectivity index (χ1n) is 9.01. The molecule has 1 fully saturated rings. The van der Waals surface area contributed by atoms with E-state index < -0.39 is 5.54 Å². The van der Waals surface area contributed by atoms with Crippen LogP contribution in [0.25, 0.3) is 0 Å². The molecule has 1 N–H and O–H groups in total. The minimum Gasteiger partial charge on any atom is -0.464 e. The molecule has 2 unspecified atom stereocenters. The quantitative estimate of drug-likeness (QED) is 0.765. The Balaban J connectivity index is 1.82. The zero-order chi connectivity index (χ0) is 18.6. The van der Waals surface area contributed by atoms with Crippen molar-refractivity contribution in [1.29, 1.82) is 0 Å². The lowest BCUT2D eigenvalue weighted by atomic mass is 9.95. The molecule has 1 saturated heterocycles. The fourth-order valence-corrected chi connectivity index (χ4v) is 3.72. The highest BCUT2D eigenvalue weighted by Crippen LogP contribution is 2.33. The first-order valence-corrected chi connectivity index (χ1v) is 9.39. The van der Waals surface area contributed by atoms with Crippen LogP contribution in [0, 0.1) is 0 Å². The maximum Gasteiger partial charge on any atom is 0.333 e. The van der Waals surface area contributed by atoms with Crippen LogP contribution in [-0.4, -0.2) is 35.6 Å². The summed E-state index contributed by atoms with van der Waals surface area (Å²) >= 11 is 5.98. The number of carbonyl (C=O) groups is 1. The second-order valence-electron chi connectivity index (χ2n) is 6.88. The van der Waals surface area contributed by atoms with E-state index >= 15 is 0 Å². The van der Waals surface area contributed by atoms with Crippen molar-refractivity contribution < 1.29 is 9.53 Å². The van der Waals surface area contributed by atoms with Crippen LogP contribution < -0.4 is 5.32 Å². The zero-order valence-electron chi connectivity index (χ0n) is 15.2. The molecule has 0 aliphatic carbocycles. The van der Waals surface area contributed by atoms with Gasteiger partial charge in [-0.1, -0.05) is 41.9 Å². The normalized spacial score (nSPS) is 23.0. The van der Waals surface area contributed by atoms with Crippen LogP contribution in [0.2, 0.25) is 5.02 Å². The van der Waals surface area contributed by atoms with Crippen LogP contribution >= 0.6 is 11.6 Å². The highest BCUT2D eigenvalue weighted by Gasteiger charge is 2.49. The molecule has 0 spiro atoms. The summed E-state index contributed by atoms with van der Waals surface area (Å²) in [6.07, 6.45) is 0.696. The molecule has 138 valence electrons. The van der Waals surface area contributed by atoms with Crippen LogP contribution in [0.4, 0.5) is 5.69 Å². The molecule has 1 aliphatic rings. The van der Waals surface area contributed by atoms with E-state index in [1.165, 1.54) is 5.56 Å². The summed E-state index contributed by atoms with van der Waals surface area (Å²) in [6.45, 7) is 5.79. The highest BCUT2D eigenvalue weighted by atomic mass is 35.5. The van der Waals surface area contributed by atoms with Crippen molar-refractivity contribution in [1.82, 2.24) is 4.90 Å². The van der Waals surface area contributed by atoms with E-state index in [4.69, 9.17) is 16.3 Å². The lowest BCUT2D eigenvalue weighted by molar-refractivity contribution is -0.148. The van der Waals surface area contributed by atoms with Crippen LogP contribution in [0.15, 0.2) is 54.6 Å². The standard InChI is InChI=1S/C21H25ClN2O2/c1-3-26-20(25)21(23-19-11-9-18(22)10-12-19)13-16(2)24(15-21)14-17-7-5-4-6-8-17/h4-12,16,23H,3,13-15H2,1-2H3. The van der Waals surface area contributed by atoms with E-state index in [0.29, 0.717) is 24.6 Å². The number of anilines is 1. The van der Waals surface area contributed by atoms with Gasteiger partial charge in [-0.15, -0.1) is 0 Å². The topological polar surface area (TPSA) is 41.6 Å². The van der Waals surface area contributed by atoms with Crippen LogP contribution in [0.3, 0.4) is 0 Å². The molecule has 2 aromatic rings. The molecule has 0 radical (unpaired) electrons. The Morgan fingerprint density at radius 2 is 1.92 bits per heavy atom. The van der Waals surface area contributed by atoms with Crippen molar-refractivity contribution in [3.05, 3.63) is 65.2 Å². The summed E-state index contributed by atoms with van der Waals surface area (Å²) < 4.78 is 5.42. The molecule has 1 heterocycles. The van der Waals surface area contributed by atoms with Crippen LogP contribution in [0.5, 0.6) is 0 Å². The highest BCUT2D eigenvalue weighted by molar-refractivity contribution is 6.30. The number of hydrogen-bond acceptors (Lipinski definition) is 4. The Hall–Kier alpha value is -2.04. The number of nitrogens with one attached hydrogen (secondary N) is 1. The summed E-state index contributed by atoms with van der Waals surface area (Å²) in [5.74, 6) is -0.197. The molecular weight excluding hydrogens is 348 g/mol. The summed E-state index contributed by atoms with van der Waals surface area (Å²) in [5, 5.41) is 4.11. The van der Waals surface area contributed by atoms with Crippen molar-refractivity contribution in [3.8, 4) is 0 Å². The van der Waals surface area contributed by atoms with Crippen molar-refractivity contribution in [2.45, 2.75) is 38.4 Å². The molecule has 3 rings (SSSR count). The van der Waals surface area contributed by atoms with Crippen LogP contribution in [-0.2, 0) is 16.1 Å². The van der Waals surface area contributed by atoms with Gasteiger partial charge in [-0.2, -0.15) is 0 Å². The Morgan fingerprint density at radius 3 is 2.58 bits per heavy atom. The smallest absolute Gasteiger partial charge is 0.333 e. The third-order valence-electron chi connectivity index (χ3n) is 4.86. The predicted molar refractivity (Wildman–Crippen MR) is 105 cm³/mol. The predicted octanol–water partition coefficient (Wildman–Crippen LogP) is 4.35. The monoisotopic (exact) mass is 372 g/mol. The Bertz CT molecular complexity index is 735. The first kappa shape index (κ1) is 18.7. The maximum atomic E-state index is 12.8. The molecule has 0 saturated carbocycles. The van der Waals surface area contributed by atoms with Gasteiger partial charge in [0, 0.05) is 29.8 Å². The number of esters is 1. The largest absolute Gasteiger partial charge is 0.464 e. The van der Waals surface area contributed by atoms with E-state index in [0.717, 1.165) is 12.2 Å². The number of hydrogen-bond donors (Lipinski definition) is 1. The van der Waals surface area contributed by atoms with E-state index in [9.17, 15) is 4.79 Å². The van der Waals surface area contributed by atoms with Gasteiger partial charge in [-0.25, -0.2) is 4.79 Å². The SMILES string of the molecule is CCOC(=O)C1(Nc2ccc(Cl)cc2)CC(C)N(Cc2ccccc2)C1. The average Bonchev–Trinajstić information content (AvgIpc) is 2.95. The minimum absolute atomic E-state index is 0.197. The molecular formula is C21H25ClN2O2. The van der Waals surface area contributed by atoms with Crippen molar-refractivity contribution in [3.63, 3.8) is 0 Å². The second-order valence-corrected chi connectivity index (χ2v) is 7.31. The molecule has 1 aliphatic heterocycles.